The molecule has 3 N–H and O–H groups in total. The number of benzene rings is 3. The number of aryl methyl sites for hydroxylation is 2. The lowest BCUT2D eigenvalue weighted by molar-refractivity contribution is 0.102. The molecule has 0 saturated heterocycles. The Kier molecular flexibility index (Phi) is 9.96. The highest BCUT2D eigenvalue weighted by molar-refractivity contribution is 6.04. The first-order chi connectivity index (χ1) is 25.8. The summed E-state index contributed by atoms with van der Waals surface area (Å²) < 4.78 is 17.1. The van der Waals surface area contributed by atoms with Gasteiger partial charge in [0.25, 0.3) is 5.91 Å². The maximum atomic E-state index is 12.8. The molecule has 262 valence electrons. The summed E-state index contributed by atoms with van der Waals surface area (Å²) in [6, 6.07) is 29.2. The number of nitrogens with one attached hydrogen (secondary N) is 1. The summed E-state index contributed by atoms with van der Waals surface area (Å²) in [6.45, 7) is 0. The van der Waals surface area contributed by atoms with E-state index in [2.05, 4.69) is 30.5 Å². The Morgan fingerprint density at radius 3 is 1.87 bits per heavy atom. The number of pyridine rings is 2. The van der Waals surface area contributed by atoms with Gasteiger partial charge in [-0.25, -0.2) is 4.98 Å². The maximum absolute atomic E-state index is 12.8. The second-order valence-electron chi connectivity index (χ2n) is 11.8. The van der Waals surface area contributed by atoms with Gasteiger partial charge in [0, 0.05) is 109 Å². The Balaban J connectivity index is 0.000000186. The standard InChI is InChI=1S/C25H20N6O2.C15H14N4O/c1-30-16-19(15-28-30)24-14-23(8-9-27-24)33-22-7-3-5-20(13-22)29-25(32)18-4-2-6-21(12-18)31-11-10-26-17-31;1-19-10-11(9-18-19)15-8-14(5-6-17-15)20-13-4-2-3-12(16)7-13/h2-17H,1H3,(H,29,32);2-10H,16H2,1H3. The minimum absolute atomic E-state index is 0.211. The van der Waals surface area contributed by atoms with Gasteiger partial charge >= 0.3 is 0 Å². The highest BCUT2D eigenvalue weighted by Crippen LogP contribution is 2.28. The molecular weight excluding hydrogens is 669 g/mol. The van der Waals surface area contributed by atoms with E-state index >= 15 is 0 Å². The molecule has 8 rings (SSSR count). The van der Waals surface area contributed by atoms with Crippen LogP contribution in [0.25, 0.3) is 28.2 Å². The van der Waals surface area contributed by atoms with Crippen LogP contribution in [0, 0.1) is 0 Å². The van der Waals surface area contributed by atoms with Gasteiger partial charge in [-0.15, -0.1) is 0 Å². The molecule has 0 bridgehead atoms. The highest BCUT2D eigenvalue weighted by atomic mass is 16.5. The Morgan fingerprint density at radius 1 is 0.679 bits per heavy atom. The van der Waals surface area contributed by atoms with Crippen LogP contribution in [0.3, 0.4) is 0 Å². The van der Waals surface area contributed by atoms with E-state index < -0.39 is 0 Å². The SMILES string of the molecule is Cn1cc(-c2cc(Oc3cccc(N)c3)ccn2)cn1.Cn1cc(-c2cc(Oc3cccc(NC(=O)c4cccc(-n5ccnc5)c4)c3)ccn2)cn1. The van der Waals surface area contributed by atoms with Crippen molar-refractivity contribution in [3.63, 3.8) is 0 Å². The lowest BCUT2D eigenvalue weighted by Crippen LogP contribution is -2.12. The number of ether oxygens (including phenoxy) is 2. The van der Waals surface area contributed by atoms with Crippen LogP contribution >= 0.6 is 0 Å². The van der Waals surface area contributed by atoms with Crippen molar-refractivity contribution in [2.75, 3.05) is 11.1 Å². The Bertz CT molecular complexity index is 2470. The number of aromatic nitrogens is 8. The average Bonchev–Trinajstić information content (AvgIpc) is 3.96. The molecule has 5 heterocycles. The van der Waals surface area contributed by atoms with Gasteiger partial charge in [-0.2, -0.15) is 10.2 Å². The van der Waals surface area contributed by atoms with Gasteiger partial charge < -0.3 is 25.1 Å². The second-order valence-corrected chi connectivity index (χ2v) is 11.8. The first-order valence-electron chi connectivity index (χ1n) is 16.5. The van der Waals surface area contributed by atoms with E-state index in [9.17, 15) is 4.79 Å². The molecule has 0 aliphatic heterocycles. The van der Waals surface area contributed by atoms with E-state index in [4.69, 9.17) is 15.2 Å². The van der Waals surface area contributed by atoms with Gasteiger partial charge in [-0.1, -0.05) is 18.2 Å². The zero-order valence-electron chi connectivity index (χ0n) is 28.8. The summed E-state index contributed by atoms with van der Waals surface area (Å²) in [5.41, 5.74) is 11.9. The fraction of sp³-hybridized carbons (Fsp3) is 0.0500. The third-order valence-corrected chi connectivity index (χ3v) is 7.80. The number of hydrogen-bond acceptors (Lipinski definition) is 9. The molecule has 13 heteroatoms. The number of nitrogen functional groups attached to an aromatic ring is 1. The van der Waals surface area contributed by atoms with Crippen LogP contribution in [0.15, 0.2) is 153 Å². The lowest BCUT2D eigenvalue weighted by atomic mass is 10.1. The molecule has 3 aromatic carbocycles. The van der Waals surface area contributed by atoms with Crippen molar-refractivity contribution in [2.24, 2.45) is 14.1 Å². The summed E-state index contributed by atoms with van der Waals surface area (Å²) in [7, 11) is 3.73. The first kappa shape index (κ1) is 33.9. The summed E-state index contributed by atoms with van der Waals surface area (Å²) in [5, 5.41) is 11.2. The van der Waals surface area contributed by atoms with E-state index in [1.54, 1.807) is 70.9 Å². The molecule has 0 aliphatic rings. The molecule has 0 fully saturated rings. The third-order valence-electron chi connectivity index (χ3n) is 7.80. The van der Waals surface area contributed by atoms with Crippen molar-refractivity contribution in [3.05, 3.63) is 159 Å². The maximum Gasteiger partial charge on any atom is 0.255 e. The molecule has 0 atom stereocenters. The van der Waals surface area contributed by atoms with E-state index in [1.807, 2.05) is 110 Å². The molecule has 0 saturated carbocycles. The smallest absolute Gasteiger partial charge is 0.255 e. The lowest BCUT2D eigenvalue weighted by Gasteiger charge is -2.10. The molecule has 53 heavy (non-hydrogen) atoms. The van der Waals surface area contributed by atoms with Crippen molar-refractivity contribution < 1.29 is 14.3 Å². The van der Waals surface area contributed by atoms with E-state index in [1.165, 1.54) is 0 Å². The van der Waals surface area contributed by atoms with Crippen molar-refractivity contribution in [1.82, 2.24) is 39.1 Å². The number of carbonyl (C=O) groups is 1. The van der Waals surface area contributed by atoms with E-state index in [-0.39, 0.29) is 5.91 Å². The molecule has 0 spiro atoms. The molecule has 0 aliphatic carbocycles. The zero-order valence-corrected chi connectivity index (χ0v) is 28.8. The first-order valence-corrected chi connectivity index (χ1v) is 16.5. The average molecular weight is 703 g/mol. The van der Waals surface area contributed by atoms with Gasteiger partial charge in [0.1, 0.15) is 23.0 Å². The zero-order chi connectivity index (χ0) is 36.6. The number of anilines is 2. The number of nitrogens with two attached hydrogens (primary N) is 1. The van der Waals surface area contributed by atoms with Gasteiger partial charge in [0.2, 0.25) is 0 Å². The van der Waals surface area contributed by atoms with Gasteiger partial charge in [-0.3, -0.25) is 24.1 Å². The van der Waals surface area contributed by atoms with Crippen LogP contribution < -0.4 is 20.5 Å². The van der Waals surface area contributed by atoms with Crippen molar-refractivity contribution in [1.29, 1.82) is 0 Å². The number of rotatable bonds is 9. The van der Waals surface area contributed by atoms with Crippen LogP contribution in [0.2, 0.25) is 0 Å². The predicted octanol–water partition coefficient (Wildman–Crippen LogP) is 7.57. The van der Waals surface area contributed by atoms with Crippen molar-refractivity contribution in [2.45, 2.75) is 0 Å². The second kappa shape index (κ2) is 15.6. The topological polar surface area (TPSA) is 153 Å². The Morgan fingerprint density at radius 2 is 1.28 bits per heavy atom. The van der Waals surface area contributed by atoms with Crippen LogP contribution in [-0.2, 0) is 14.1 Å². The quantitative estimate of drug-likeness (QED) is 0.145. The normalized spacial score (nSPS) is 10.6. The van der Waals surface area contributed by atoms with Crippen LogP contribution in [0.4, 0.5) is 11.4 Å². The molecule has 0 radical (unpaired) electrons. The summed E-state index contributed by atoms with van der Waals surface area (Å²) in [5.74, 6) is 2.44. The Hall–Kier alpha value is -7.54. The van der Waals surface area contributed by atoms with Crippen molar-refractivity contribution in [3.8, 4) is 51.2 Å². The van der Waals surface area contributed by atoms with Gasteiger partial charge in [0.15, 0.2) is 0 Å². The summed E-state index contributed by atoms with van der Waals surface area (Å²) >= 11 is 0. The molecule has 5 aromatic heterocycles. The monoisotopic (exact) mass is 702 g/mol. The highest BCUT2D eigenvalue weighted by Gasteiger charge is 2.10. The summed E-state index contributed by atoms with van der Waals surface area (Å²) in [6.07, 6.45) is 15.9. The molecule has 0 unspecified atom stereocenters. The van der Waals surface area contributed by atoms with Crippen LogP contribution in [0.1, 0.15) is 10.4 Å². The van der Waals surface area contributed by atoms with Gasteiger partial charge in [-0.05, 0) is 54.6 Å². The van der Waals surface area contributed by atoms with Gasteiger partial charge in [0.05, 0.1) is 30.1 Å². The molecular formula is C40H34N10O3. The van der Waals surface area contributed by atoms with Crippen molar-refractivity contribution >= 4 is 17.3 Å². The van der Waals surface area contributed by atoms with Crippen LogP contribution in [-0.4, -0.2) is 45.0 Å². The number of nitrogens with zero attached hydrogens (tertiary/aromatic N) is 8. The number of carbonyl (C=O) groups excluding carboxylic acids is 1. The molecule has 13 nitrogen and oxygen atoms in total. The molecule has 8 aromatic rings. The predicted molar refractivity (Wildman–Crippen MR) is 202 cm³/mol. The Labute approximate surface area is 305 Å². The number of hydrogen-bond donors (Lipinski definition) is 2. The number of imidazole rings is 1. The number of amides is 1. The summed E-state index contributed by atoms with van der Waals surface area (Å²) in [4.78, 5) is 25.6. The fourth-order valence-electron chi connectivity index (χ4n) is 5.28. The molecule has 1 amide bonds. The third kappa shape index (κ3) is 8.80. The minimum Gasteiger partial charge on any atom is -0.457 e. The fourth-order valence-corrected chi connectivity index (χ4v) is 5.28. The van der Waals surface area contributed by atoms with Crippen LogP contribution in [0.5, 0.6) is 23.0 Å². The van der Waals surface area contributed by atoms with E-state index in [0.29, 0.717) is 39.9 Å². The largest absolute Gasteiger partial charge is 0.457 e. The van der Waals surface area contributed by atoms with E-state index in [0.717, 1.165) is 28.2 Å². The minimum atomic E-state index is -0.211.